The highest BCUT2D eigenvalue weighted by atomic mass is 35.5. The van der Waals surface area contributed by atoms with Crippen molar-refractivity contribution in [2.45, 2.75) is 38.5 Å². The summed E-state index contributed by atoms with van der Waals surface area (Å²) in [6, 6.07) is 14.0. The molecule has 2 amide bonds. The molecule has 0 atom stereocenters. The van der Waals surface area contributed by atoms with Crippen molar-refractivity contribution in [1.82, 2.24) is 0 Å². The van der Waals surface area contributed by atoms with Crippen LogP contribution in [0, 0.1) is 5.92 Å². The highest BCUT2D eigenvalue weighted by molar-refractivity contribution is 6.30. The number of hydrogen-bond donors (Lipinski definition) is 2. The number of para-hydroxylation sites is 1. The van der Waals surface area contributed by atoms with Gasteiger partial charge in [0.05, 0.1) is 11.3 Å². The van der Waals surface area contributed by atoms with Crippen molar-refractivity contribution >= 4 is 34.8 Å². The average molecular weight is 371 g/mol. The first-order valence-electron chi connectivity index (χ1n) is 9.07. The first kappa shape index (κ1) is 18.5. The molecular formula is C21H23ClN2O2. The van der Waals surface area contributed by atoms with Crippen LogP contribution in [0.2, 0.25) is 5.02 Å². The topological polar surface area (TPSA) is 58.2 Å². The summed E-state index contributed by atoms with van der Waals surface area (Å²) in [6.45, 7) is 0. The van der Waals surface area contributed by atoms with Gasteiger partial charge in [0.25, 0.3) is 5.91 Å². The van der Waals surface area contributed by atoms with E-state index in [4.69, 9.17) is 11.6 Å². The maximum absolute atomic E-state index is 12.6. The van der Waals surface area contributed by atoms with Crippen molar-refractivity contribution in [2.24, 2.45) is 5.92 Å². The second kappa shape index (κ2) is 8.86. The van der Waals surface area contributed by atoms with Crippen LogP contribution >= 0.6 is 11.6 Å². The lowest BCUT2D eigenvalue weighted by Crippen LogP contribution is -2.18. The van der Waals surface area contributed by atoms with Gasteiger partial charge in [-0.15, -0.1) is 0 Å². The Labute approximate surface area is 158 Å². The summed E-state index contributed by atoms with van der Waals surface area (Å²) in [6.07, 6.45) is 6.43. The van der Waals surface area contributed by atoms with E-state index in [1.165, 1.54) is 25.7 Å². The van der Waals surface area contributed by atoms with Gasteiger partial charge in [-0.3, -0.25) is 9.59 Å². The minimum Gasteiger partial charge on any atom is -0.325 e. The SMILES string of the molecule is O=C(CCC1CCCC1)Nc1ccccc1C(=O)Nc1ccc(Cl)cc1. The van der Waals surface area contributed by atoms with E-state index in [1.807, 2.05) is 6.07 Å². The summed E-state index contributed by atoms with van der Waals surface area (Å²) in [5.41, 5.74) is 1.63. The molecule has 0 spiro atoms. The van der Waals surface area contributed by atoms with E-state index in [-0.39, 0.29) is 11.8 Å². The first-order valence-corrected chi connectivity index (χ1v) is 9.45. The summed E-state index contributed by atoms with van der Waals surface area (Å²) in [4.78, 5) is 24.9. The molecule has 26 heavy (non-hydrogen) atoms. The Balaban J connectivity index is 1.62. The summed E-state index contributed by atoms with van der Waals surface area (Å²) in [5, 5.41) is 6.33. The Bertz CT molecular complexity index is 768. The number of halogens is 1. The van der Waals surface area contributed by atoms with Gasteiger partial charge in [0.15, 0.2) is 0 Å². The second-order valence-electron chi connectivity index (χ2n) is 6.74. The van der Waals surface area contributed by atoms with E-state index in [2.05, 4.69) is 10.6 Å². The van der Waals surface area contributed by atoms with Crippen molar-refractivity contribution in [3.8, 4) is 0 Å². The molecule has 1 saturated carbocycles. The summed E-state index contributed by atoms with van der Waals surface area (Å²) in [7, 11) is 0. The summed E-state index contributed by atoms with van der Waals surface area (Å²) >= 11 is 5.86. The van der Waals surface area contributed by atoms with Crippen LogP contribution in [0.1, 0.15) is 48.9 Å². The van der Waals surface area contributed by atoms with Gasteiger partial charge >= 0.3 is 0 Å². The van der Waals surface area contributed by atoms with Crippen LogP contribution in [0.5, 0.6) is 0 Å². The molecule has 0 radical (unpaired) electrons. The molecule has 1 aliphatic rings. The monoisotopic (exact) mass is 370 g/mol. The second-order valence-corrected chi connectivity index (χ2v) is 7.18. The fourth-order valence-electron chi connectivity index (χ4n) is 3.37. The van der Waals surface area contributed by atoms with Gasteiger partial charge in [0.1, 0.15) is 0 Å². The van der Waals surface area contributed by atoms with Gasteiger partial charge in [-0.25, -0.2) is 0 Å². The number of benzene rings is 2. The molecule has 4 nitrogen and oxygen atoms in total. The van der Waals surface area contributed by atoms with Crippen LogP contribution in [0.3, 0.4) is 0 Å². The number of carbonyl (C=O) groups excluding carboxylic acids is 2. The van der Waals surface area contributed by atoms with E-state index < -0.39 is 0 Å². The van der Waals surface area contributed by atoms with Crippen LogP contribution in [-0.4, -0.2) is 11.8 Å². The maximum Gasteiger partial charge on any atom is 0.257 e. The molecule has 0 unspecified atom stereocenters. The molecule has 0 bridgehead atoms. The van der Waals surface area contributed by atoms with Crippen molar-refractivity contribution in [2.75, 3.05) is 10.6 Å². The third kappa shape index (κ3) is 5.09. The fourth-order valence-corrected chi connectivity index (χ4v) is 3.49. The first-order chi connectivity index (χ1) is 12.6. The summed E-state index contributed by atoms with van der Waals surface area (Å²) in [5.74, 6) is 0.367. The molecule has 0 heterocycles. The van der Waals surface area contributed by atoms with E-state index in [0.717, 1.165) is 6.42 Å². The van der Waals surface area contributed by atoms with Crippen molar-refractivity contribution in [3.05, 3.63) is 59.1 Å². The highest BCUT2D eigenvalue weighted by Crippen LogP contribution is 2.28. The number of rotatable bonds is 6. The van der Waals surface area contributed by atoms with E-state index >= 15 is 0 Å². The molecule has 2 aromatic carbocycles. The smallest absolute Gasteiger partial charge is 0.257 e. The van der Waals surface area contributed by atoms with Crippen molar-refractivity contribution in [1.29, 1.82) is 0 Å². The highest BCUT2D eigenvalue weighted by Gasteiger charge is 2.17. The van der Waals surface area contributed by atoms with Gasteiger partial charge in [0, 0.05) is 17.1 Å². The molecule has 2 aromatic rings. The van der Waals surface area contributed by atoms with Crippen molar-refractivity contribution < 1.29 is 9.59 Å². The molecule has 3 rings (SSSR count). The van der Waals surface area contributed by atoms with Gasteiger partial charge in [-0.1, -0.05) is 49.4 Å². The van der Waals surface area contributed by atoms with E-state index in [0.29, 0.717) is 34.3 Å². The average Bonchev–Trinajstić information content (AvgIpc) is 3.16. The van der Waals surface area contributed by atoms with E-state index in [9.17, 15) is 9.59 Å². The fraction of sp³-hybridized carbons (Fsp3) is 0.333. The Kier molecular flexibility index (Phi) is 6.29. The van der Waals surface area contributed by atoms with Crippen LogP contribution in [0.25, 0.3) is 0 Å². The lowest BCUT2D eigenvalue weighted by molar-refractivity contribution is -0.116. The molecule has 2 N–H and O–H groups in total. The molecular weight excluding hydrogens is 348 g/mol. The lowest BCUT2D eigenvalue weighted by atomic mass is 10.0. The van der Waals surface area contributed by atoms with Crippen LogP contribution in [-0.2, 0) is 4.79 Å². The van der Waals surface area contributed by atoms with Gasteiger partial charge < -0.3 is 10.6 Å². The van der Waals surface area contributed by atoms with Gasteiger partial charge in [-0.2, -0.15) is 0 Å². The molecule has 0 saturated heterocycles. The Morgan fingerprint density at radius 2 is 1.65 bits per heavy atom. The van der Waals surface area contributed by atoms with Crippen molar-refractivity contribution in [3.63, 3.8) is 0 Å². The molecule has 5 heteroatoms. The predicted octanol–water partition coefficient (Wildman–Crippen LogP) is 5.50. The Morgan fingerprint density at radius 1 is 0.962 bits per heavy atom. The van der Waals surface area contributed by atoms with Crippen LogP contribution in [0.15, 0.2) is 48.5 Å². The normalized spacial score (nSPS) is 14.2. The van der Waals surface area contributed by atoms with Crippen LogP contribution < -0.4 is 10.6 Å². The lowest BCUT2D eigenvalue weighted by Gasteiger charge is -2.13. The molecule has 0 aromatic heterocycles. The predicted molar refractivity (Wildman–Crippen MR) is 106 cm³/mol. The maximum atomic E-state index is 12.6. The molecule has 0 aliphatic heterocycles. The standard InChI is InChI=1S/C21H23ClN2O2/c22-16-10-12-17(13-11-16)23-21(26)18-7-3-4-8-19(18)24-20(25)14-9-15-5-1-2-6-15/h3-4,7-8,10-13,15H,1-2,5-6,9,14H2,(H,23,26)(H,24,25). The number of carbonyl (C=O) groups is 2. The minimum atomic E-state index is -0.265. The minimum absolute atomic E-state index is 0.0383. The quantitative estimate of drug-likeness (QED) is 0.705. The number of anilines is 2. The third-order valence-corrected chi connectivity index (χ3v) is 5.05. The van der Waals surface area contributed by atoms with Gasteiger partial charge in [0.2, 0.25) is 5.91 Å². The molecule has 136 valence electrons. The Morgan fingerprint density at radius 3 is 2.38 bits per heavy atom. The number of hydrogen-bond acceptors (Lipinski definition) is 2. The number of nitrogens with one attached hydrogen (secondary N) is 2. The molecule has 1 fully saturated rings. The summed E-state index contributed by atoms with van der Waals surface area (Å²) < 4.78 is 0. The zero-order valence-corrected chi connectivity index (χ0v) is 15.4. The van der Waals surface area contributed by atoms with E-state index in [1.54, 1.807) is 42.5 Å². The zero-order valence-electron chi connectivity index (χ0n) is 14.6. The van der Waals surface area contributed by atoms with Crippen LogP contribution in [0.4, 0.5) is 11.4 Å². The zero-order chi connectivity index (χ0) is 18.4. The largest absolute Gasteiger partial charge is 0.325 e. The Hall–Kier alpha value is -2.33. The number of amides is 2. The third-order valence-electron chi connectivity index (χ3n) is 4.80. The molecule has 1 aliphatic carbocycles. The van der Waals surface area contributed by atoms with Gasteiger partial charge in [-0.05, 0) is 48.7 Å².